The Morgan fingerprint density at radius 3 is 2.46 bits per heavy atom. The number of phenolic OH excluding ortho intramolecular Hbond substituents is 1. The molecule has 1 aliphatic heterocycles. The molecule has 0 aromatic heterocycles. The number of carbonyl (C=O) groups is 1. The molecule has 0 atom stereocenters. The summed E-state index contributed by atoms with van der Waals surface area (Å²) in [6.07, 6.45) is 3.10. The Hall–Kier alpha value is -2.29. The van der Waals surface area contributed by atoms with Crippen molar-refractivity contribution in [2.24, 2.45) is 0 Å². The summed E-state index contributed by atoms with van der Waals surface area (Å²) in [4.78, 5) is 14.9. The molecule has 0 fully saturated rings. The van der Waals surface area contributed by atoms with E-state index < -0.39 is 5.41 Å². The predicted octanol–water partition coefficient (Wildman–Crippen LogP) is 4.56. The quantitative estimate of drug-likeness (QED) is 0.876. The topological polar surface area (TPSA) is 40.5 Å². The molecule has 1 amide bonds. The predicted molar refractivity (Wildman–Crippen MR) is 97.4 cm³/mol. The van der Waals surface area contributed by atoms with Gasteiger partial charge in [-0.3, -0.25) is 4.79 Å². The van der Waals surface area contributed by atoms with Crippen LogP contribution in [0.25, 0.3) is 0 Å². The molecule has 0 radical (unpaired) electrons. The highest BCUT2D eigenvalue weighted by Gasteiger charge is 2.46. The third kappa shape index (κ3) is 2.68. The summed E-state index contributed by atoms with van der Waals surface area (Å²) in [5.41, 5.74) is 3.24. The lowest BCUT2D eigenvalue weighted by molar-refractivity contribution is -0.122. The zero-order valence-electron chi connectivity index (χ0n) is 14.7. The molecule has 0 aliphatic carbocycles. The molecule has 0 bridgehead atoms. The van der Waals surface area contributed by atoms with Crippen LogP contribution in [0.3, 0.4) is 0 Å². The van der Waals surface area contributed by atoms with Crippen molar-refractivity contribution in [1.29, 1.82) is 0 Å². The fraction of sp³-hybridized carbons (Fsp3) is 0.381. The maximum Gasteiger partial charge on any atom is 0.237 e. The Balaban J connectivity index is 2.10. The third-order valence-corrected chi connectivity index (χ3v) is 4.90. The fourth-order valence-electron chi connectivity index (χ4n) is 3.58. The summed E-state index contributed by atoms with van der Waals surface area (Å²) in [7, 11) is 0. The molecule has 24 heavy (non-hydrogen) atoms. The molecular formula is C21H25NO2. The number of hydrogen-bond acceptors (Lipinski definition) is 2. The van der Waals surface area contributed by atoms with E-state index >= 15 is 0 Å². The minimum atomic E-state index is -0.698. The SMILES string of the molecule is CCCCc1ccc(O)c2c1N(Cc1ccccc1)C(=O)C2(C)C. The lowest BCUT2D eigenvalue weighted by Crippen LogP contribution is -2.35. The van der Waals surface area contributed by atoms with Crippen molar-refractivity contribution in [3.8, 4) is 5.75 Å². The highest BCUT2D eigenvalue weighted by atomic mass is 16.3. The van der Waals surface area contributed by atoms with E-state index in [-0.39, 0.29) is 11.7 Å². The molecule has 0 saturated heterocycles. The van der Waals surface area contributed by atoms with Gasteiger partial charge in [-0.25, -0.2) is 0 Å². The summed E-state index contributed by atoms with van der Waals surface area (Å²) < 4.78 is 0. The number of hydrogen-bond donors (Lipinski definition) is 1. The molecule has 1 N–H and O–H groups in total. The molecule has 3 nitrogen and oxygen atoms in total. The van der Waals surface area contributed by atoms with Gasteiger partial charge in [-0.15, -0.1) is 0 Å². The second kappa shape index (κ2) is 6.31. The van der Waals surface area contributed by atoms with Gasteiger partial charge < -0.3 is 10.0 Å². The van der Waals surface area contributed by atoms with Crippen molar-refractivity contribution in [2.45, 2.75) is 52.0 Å². The Kier molecular flexibility index (Phi) is 4.35. The molecule has 2 aromatic carbocycles. The van der Waals surface area contributed by atoms with Gasteiger partial charge in [0.2, 0.25) is 5.91 Å². The lowest BCUT2D eigenvalue weighted by Gasteiger charge is -2.22. The Bertz CT molecular complexity index is 750. The Labute approximate surface area is 143 Å². The largest absolute Gasteiger partial charge is 0.508 e. The van der Waals surface area contributed by atoms with Gasteiger partial charge in [0.25, 0.3) is 0 Å². The van der Waals surface area contributed by atoms with Crippen LogP contribution in [0.15, 0.2) is 42.5 Å². The molecule has 126 valence electrons. The summed E-state index contributed by atoms with van der Waals surface area (Å²) in [5.74, 6) is 0.278. The first-order valence-corrected chi connectivity index (χ1v) is 8.68. The van der Waals surface area contributed by atoms with Gasteiger partial charge >= 0.3 is 0 Å². The summed E-state index contributed by atoms with van der Waals surface area (Å²) in [6.45, 7) is 6.51. The number of unbranched alkanes of at least 4 members (excludes halogenated alkanes) is 1. The standard InChI is InChI=1S/C21H25NO2/c1-4-5-11-16-12-13-17(23)18-19(16)22(20(24)21(18,2)3)14-15-9-7-6-8-10-15/h6-10,12-13,23H,4-5,11,14H2,1-3H3. The van der Waals surface area contributed by atoms with Gasteiger partial charge in [-0.05, 0) is 43.9 Å². The van der Waals surface area contributed by atoms with Crippen LogP contribution in [-0.4, -0.2) is 11.0 Å². The molecular weight excluding hydrogens is 298 g/mol. The maximum atomic E-state index is 13.1. The van der Waals surface area contributed by atoms with Crippen LogP contribution in [0.4, 0.5) is 5.69 Å². The van der Waals surface area contributed by atoms with Crippen molar-refractivity contribution >= 4 is 11.6 Å². The van der Waals surface area contributed by atoms with Crippen LogP contribution in [0, 0.1) is 0 Å². The van der Waals surface area contributed by atoms with E-state index in [9.17, 15) is 9.90 Å². The van der Waals surface area contributed by atoms with Gasteiger partial charge in [0.1, 0.15) is 5.75 Å². The number of benzene rings is 2. The van der Waals surface area contributed by atoms with E-state index in [2.05, 4.69) is 6.92 Å². The lowest BCUT2D eigenvalue weighted by atomic mass is 9.84. The second-order valence-electron chi connectivity index (χ2n) is 7.07. The maximum absolute atomic E-state index is 13.1. The zero-order chi connectivity index (χ0) is 17.3. The molecule has 0 unspecified atom stereocenters. The van der Waals surface area contributed by atoms with E-state index in [0.29, 0.717) is 6.54 Å². The summed E-state index contributed by atoms with van der Waals surface area (Å²) in [5, 5.41) is 10.4. The average molecular weight is 323 g/mol. The van der Waals surface area contributed by atoms with Gasteiger partial charge in [0.15, 0.2) is 0 Å². The van der Waals surface area contributed by atoms with Gasteiger partial charge in [0, 0.05) is 5.56 Å². The number of amides is 1. The normalized spacial score (nSPS) is 15.6. The van der Waals surface area contributed by atoms with Crippen molar-refractivity contribution in [3.05, 3.63) is 59.2 Å². The van der Waals surface area contributed by atoms with Crippen LogP contribution in [0.5, 0.6) is 5.75 Å². The number of rotatable bonds is 5. The first kappa shape index (κ1) is 16.6. The summed E-state index contributed by atoms with van der Waals surface area (Å²) >= 11 is 0. The van der Waals surface area contributed by atoms with Crippen LogP contribution in [0.2, 0.25) is 0 Å². The van der Waals surface area contributed by atoms with Crippen LogP contribution in [0.1, 0.15) is 50.3 Å². The van der Waals surface area contributed by atoms with Crippen LogP contribution >= 0.6 is 0 Å². The molecule has 3 heteroatoms. The fourth-order valence-corrected chi connectivity index (χ4v) is 3.58. The van der Waals surface area contributed by atoms with Crippen LogP contribution < -0.4 is 4.90 Å². The molecule has 0 saturated carbocycles. The minimum absolute atomic E-state index is 0.0561. The molecule has 3 rings (SSSR count). The highest BCUT2D eigenvalue weighted by Crippen LogP contribution is 2.48. The molecule has 2 aromatic rings. The first-order chi connectivity index (χ1) is 11.5. The molecule has 1 aliphatic rings. The van der Waals surface area contributed by atoms with Gasteiger partial charge in [-0.2, -0.15) is 0 Å². The second-order valence-corrected chi connectivity index (χ2v) is 7.07. The van der Waals surface area contributed by atoms with E-state index in [1.54, 1.807) is 6.07 Å². The van der Waals surface area contributed by atoms with E-state index in [1.807, 2.05) is 55.1 Å². The molecule has 0 spiro atoms. The van der Waals surface area contributed by atoms with E-state index in [0.717, 1.165) is 41.6 Å². The third-order valence-electron chi connectivity index (χ3n) is 4.90. The number of carbonyl (C=O) groups excluding carboxylic acids is 1. The monoisotopic (exact) mass is 323 g/mol. The van der Waals surface area contributed by atoms with Crippen molar-refractivity contribution in [1.82, 2.24) is 0 Å². The number of nitrogens with zero attached hydrogens (tertiary/aromatic N) is 1. The number of fused-ring (bicyclic) bond motifs is 1. The Morgan fingerprint density at radius 1 is 1.08 bits per heavy atom. The van der Waals surface area contributed by atoms with Crippen molar-refractivity contribution in [3.63, 3.8) is 0 Å². The number of aromatic hydroxyl groups is 1. The zero-order valence-corrected chi connectivity index (χ0v) is 14.7. The van der Waals surface area contributed by atoms with Gasteiger partial charge in [0.05, 0.1) is 17.6 Å². The average Bonchev–Trinajstić information content (AvgIpc) is 2.77. The van der Waals surface area contributed by atoms with Crippen molar-refractivity contribution < 1.29 is 9.90 Å². The van der Waals surface area contributed by atoms with Gasteiger partial charge in [-0.1, -0.05) is 49.7 Å². The van der Waals surface area contributed by atoms with E-state index in [1.165, 1.54) is 0 Å². The first-order valence-electron chi connectivity index (χ1n) is 8.68. The van der Waals surface area contributed by atoms with Crippen molar-refractivity contribution in [2.75, 3.05) is 4.90 Å². The number of phenols is 1. The van der Waals surface area contributed by atoms with Crippen LogP contribution in [-0.2, 0) is 23.2 Å². The van der Waals surface area contributed by atoms with E-state index in [4.69, 9.17) is 0 Å². The number of aryl methyl sites for hydroxylation is 1. The highest BCUT2D eigenvalue weighted by molar-refractivity contribution is 6.09. The smallest absolute Gasteiger partial charge is 0.237 e. The number of anilines is 1. The summed E-state index contributed by atoms with van der Waals surface area (Å²) in [6, 6.07) is 13.7. The minimum Gasteiger partial charge on any atom is -0.508 e. The Morgan fingerprint density at radius 2 is 1.79 bits per heavy atom. The molecule has 1 heterocycles.